The van der Waals surface area contributed by atoms with Crippen molar-refractivity contribution in [2.45, 2.75) is 46.2 Å². The van der Waals surface area contributed by atoms with Crippen molar-refractivity contribution in [2.75, 3.05) is 39.9 Å². The zero-order chi connectivity index (χ0) is 19.6. The lowest BCUT2D eigenvalue weighted by molar-refractivity contribution is -0.123. The standard InChI is InChI=1S/C21H35N3O3/c1-5-23-21(25)15-27-19-9-8-18(11-20(19)26-4)13-22-12-17(3)24-10-6-7-16(2)14-24/h8-9,11,16-17,22H,5-7,10,12-15H2,1-4H3,(H,23,25). The lowest BCUT2D eigenvalue weighted by atomic mass is 9.99. The van der Waals surface area contributed by atoms with Crippen LogP contribution >= 0.6 is 0 Å². The van der Waals surface area contributed by atoms with Gasteiger partial charge in [-0.2, -0.15) is 0 Å². The number of amides is 1. The van der Waals surface area contributed by atoms with Crippen LogP contribution in [0.25, 0.3) is 0 Å². The lowest BCUT2D eigenvalue weighted by Gasteiger charge is -2.35. The summed E-state index contributed by atoms with van der Waals surface area (Å²) in [5.41, 5.74) is 1.14. The molecule has 0 aromatic heterocycles. The van der Waals surface area contributed by atoms with E-state index in [2.05, 4.69) is 29.4 Å². The summed E-state index contributed by atoms with van der Waals surface area (Å²) in [6, 6.07) is 6.38. The van der Waals surface area contributed by atoms with Crippen LogP contribution in [0.2, 0.25) is 0 Å². The van der Waals surface area contributed by atoms with E-state index in [1.807, 2.05) is 25.1 Å². The molecule has 1 fully saturated rings. The zero-order valence-electron chi connectivity index (χ0n) is 17.2. The number of ether oxygens (including phenoxy) is 2. The van der Waals surface area contributed by atoms with Crippen LogP contribution in [0, 0.1) is 5.92 Å². The van der Waals surface area contributed by atoms with Gasteiger partial charge in [-0.3, -0.25) is 9.69 Å². The van der Waals surface area contributed by atoms with E-state index in [1.165, 1.54) is 25.9 Å². The number of piperidine rings is 1. The highest BCUT2D eigenvalue weighted by Gasteiger charge is 2.20. The van der Waals surface area contributed by atoms with Crippen molar-refractivity contribution in [2.24, 2.45) is 5.92 Å². The van der Waals surface area contributed by atoms with Crippen molar-refractivity contribution in [1.29, 1.82) is 0 Å². The molecule has 1 aromatic rings. The Morgan fingerprint density at radius 2 is 2.19 bits per heavy atom. The first-order chi connectivity index (χ1) is 13.0. The van der Waals surface area contributed by atoms with Crippen molar-refractivity contribution in [1.82, 2.24) is 15.5 Å². The average Bonchev–Trinajstić information content (AvgIpc) is 2.67. The van der Waals surface area contributed by atoms with Crippen molar-refractivity contribution >= 4 is 5.91 Å². The molecule has 2 unspecified atom stereocenters. The molecule has 0 saturated carbocycles. The van der Waals surface area contributed by atoms with Gasteiger partial charge in [0.25, 0.3) is 5.91 Å². The Hall–Kier alpha value is -1.79. The number of carbonyl (C=O) groups is 1. The van der Waals surface area contributed by atoms with E-state index < -0.39 is 0 Å². The molecule has 1 aliphatic heterocycles. The van der Waals surface area contributed by atoms with Gasteiger partial charge in [0.2, 0.25) is 0 Å². The number of likely N-dealkylation sites (tertiary alicyclic amines) is 1. The molecule has 6 nitrogen and oxygen atoms in total. The molecule has 1 saturated heterocycles. The molecule has 152 valence electrons. The smallest absolute Gasteiger partial charge is 0.257 e. The maximum Gasteiger partial charge on any atom is 0.257 e. The van der Waals surface area contributed by atoms with Gasteiger partial charge in [-0.15, -0.1) is 0 Å². The summed E-state index contributed by atoms with van der Waals surface area (Å²) in [6.45, 7) is 11.3. The largest absolute Gasteiger partial charge is 0.493 e. The highest BCUT2D eigenvalue weighted by Crippen LogP contribution is 2.28. The molecule has 0 radical (unpaired) electrons. The molecule has 1 heterocycles. The van der Waals surface area contributed by atoms with Crippen molar-refractivity contribution in [3.05, 3.63) is 23.8 Å². The van der Waals surface area contributed by atoms with Crippen molar-refractivity contribution in [3.63, 3.8) is 0 Å². The normalized spacial score (nSPS) is 18.7. The lowest BCUT2D eigenvalue weighted by Crippen LogP contribution is -2.45. The van der Waals surface area contributed by atoms with Crippen LogP contribution in [0.3, 0.4) is 0 Å². The maximum atomic E-state index is 11.5. The van der Waals surface area contributed by atoms with Crippen molar-refractivity contribution < 1.29 is 14.3 Å². The van der Waals surface area contributed by atoms with Gasteiger partial charge in [0.15, 0.2) is 18.1 Å². The van der Waals surface area contributed by atoms with E-state index in [0.717, 1.165) is 24.6 Å². The highest BCUT2D eigenvalue weighted by atomic mass is 16.5. The van der Waals surface area contributed by atoms with Crippen LogP contribution in [0.4, 0.5) is 0 Å². The van der Waals surface area contributed by atoms with Crippen LogP contribution < -0.4 is 20.1 Å². The minimum atomic E-state index is -0.133. The quantitative estimate of drug-likeness (QED) is 0.656. The number of carbonyl (C=O) groups excluding carboxylic acids is 1. The Kier molecular flexibility index (Phi) is 8.88. The molecule has 0 bridgehead atoms. The molecule has 2 atom stereocenters. The topological polar surface area (TPSA) is 62.8 Å². The van der Waals surface area contributed by atoms with Gasteiger partial charge >= 0.3 is 0 Å². The molecule has 6 heteroatoms. The third-order valence-electron chi connectivity index (χ3n) is 5.04. The predicted molar refractivity (Wildman–Crippen MR) is 108 cm³/mol. The van der Waals surface area contributed by atoms with Gasteiger partial charge in [-0.05, 0) is 56.8 Å². The Balaban J connectivity index is 1.81. The maximum absolute atomic E-state index is 11.5. The number of nitrogens with zero attached hydrogens (tertiary/aromatic N) is 1. The summed E-state index contributed by atoms with van der Waals surface area (Å²) in [7, 11) is 1.62. The molecule has 2 rings (SSSR count). The second-order valence-electron chi connectivity index (χ2n) is 7.45. The zero-order valence-corrected chi connectivity index (χ0v) is 17.2. The van der Waals surface area contributed by atoms with Gasteiger partial charge in [0, 0.05) is 32.2 Å². The number of rotatable bonds is 10. The number of methoxy groups -OCH3 is 1. The molecule has 0 spiro atoms. The van der Waals surface area contributed by atoms with Crippen LogP contribution in [-0.4, -0.2) is 56.7 Å². The highest BCUT2D eigenvalue weighted by molar-refractivity contribution is 5.77. The molecule has 1 amide bonds. The molecule has 1 aromatic carbocycles. The van der Waals surface area contributed by atoms with Crippen molar-refractivity contribution in [3.8, 4) is 11.5 Å². The van der Waals surface area contributed by atoms with E-state index in [9.17, 15) is 4.79 Å². The van der Waals surface area contributed by atoms with Gasteiger partial charge in [0.05, 0.1) is 7.11 Å². The molecular formula is C21H35N3O3. The van der Waals surface area contributed by atoms with E-state index >= 15 is 0 Å². The van der Waals surface area contributed by atoms with E-state index in [1.54, 1.807) is 7.11 Å². The second kappa shape index (κ2) is 11.1. The SMILES string of the molecule is CCNC(=O)COc1ccc(CNCC(C)N2CCCC(C)C2)cc1OC. The minimum absolute atomic E-state index is 0.00638. The van der Waals surface area contributed by atoms with Gasteiger partial charge in [-0.25, -0.2) is 0 Å². The van der Waals surface area contributed by atoms with Crippen LogP contribution in [0.15, 0.2) is 18.2 Å². The Morgan fingerprint density at radius 3 is 2.89 bits per heavy atom. The van der Waals surface area contributed by atoms with Gasteiger partial charge < -0.3 is 20.1 Å². The van der Waals surface area contributed by atoms with Gasteiger partial charge in [-0.1, -0.05) is 13.0 Å². The fraction of sp³-hybridized carbons (Fsp3) is 0.667. The number of benzene rings is 1. The van der Waals surface area contributed by atoms with E-state index in [4.69, 9.17) is 9.47 Å². The summed E-state index contributed by atoms with van der Waals surface area (Å²) < 4.78 is 11.0. The summed E-state index contributed by atoms with van der Waals surface area (Å²) in [5.74, 6) is 1.91. The third kappa shape index (κ3) is 7.03. The average molecular weight is 378 g/mol. The fourth-order valence-electron chi connectivity index (χ4n) is 3.51. The third-order valence-corrected chi connectivity index (χ3v) is 5.04. The summed E-state index contributed by atoms with van der Waals surface area (Å²) in [4.78, 5) is 14.1. The van der Waals surface area contributed by atoms with E-state index in [-0.39, 0.29) is 12.5 Å². The van der Waals surface area contributed by atoms with Gasteiger partial charge in [0.1, 0.15) is 0 Å². The molecule has 27 heavy (non-hydrogen) atoms. The predicted octanol–water partition coefficient (Wildman–Crippen LogP) is 2.42. The minimum Gasteiger partial charge on any atom is -0.493 e. The fourth-order valence-corrected chi connectivity index (χ4v) is 3.51. The number of hydrogen-bond acceptors (Lipinski definition) is 5. The number of nitrogens with one attached hydrogen (secondary N) is 2. The summed E-state index contributed by atoms with van der Waals surface area (Å²) in [6.07, 6.45) is 2.66. The number of likely N-dealkylation sites (N-methyl/N-ethyl adjacent to an activating group) is 1. The molecule has 2 N–H and O–H groups in total. The first-order valence-corrected chi connectivity index (χ1v) is 10.0. The first-order valence-electron chi connectivity index (χ1n) is 10.0. The molecular weight excluding hydrogens is 342 g/mol. The Morgan fingerprint density at radius 1 is 1.37 bits per heavy atom. The Bertz CT molecular complexity index is 594. The van der Waals surface area contributed by atoms with Crippen LogP contribution in [-0.2, 0) is 11.3 Å². The molecule has 0 aliphatic carbocycles. The van der Waals surface area contributed by atoms with Crippen LogP contribution in [0.1, 0.15) is 39.2 Å². The second-order valence-corrected chi connectivity index (χ2v) is 7.45. The molecule has 1 aliphatic rings. The monoisotopic (exact) mass is 377 g/mol. The summed E-state index contributed by atoms with van der Waals surface area (Å²) >= 11 is 0. The Labute approximate surface area is 163 Å². The first kappa shape index (κ1) is 21.5. The summed E-state index contributed by atoms with van der Waals surface area (Å²) in [5, 5.41) is 6.26. The van der Waals surface area contributed by atoms with Crippen LogP contribution in [0.5, 0.6) is 11.5 Å². The van der Waals surface area contributed by atoms with E-state index in [0.29, 0.717) is 24.1 Å². The number of hydrogen-bond donors (Lipinski definition) is 2.